The fraction of sp³-hybridized carbons (Fsp3) is 0.0952. The van der Waals surface area contributed by atoms with E-state index in [2.05, 4.69) is 15.3 Å². The first kappa shape index (κ1) is 16.8. The van der Waals surface area contributed by atoms with Crippen LogP contribution in [0, 0.1) is 6.92 Å². The van der Waals surface area contributed by atoms with E-state index >= 15 is 0 Å². The molecule has 4 rings (SSSR count). The molecule has 6 nitrogen and oxygen atoms in total. The van der Waals surface area contributed by atoms with Crippen molar-refractivity contribution in [1.82, 2.24) is 9.97 Å². The molecule has 134 valence electrons. The van der Waals surface area contributed by atoms with Crippen LogP contribution in [-0.2, 0) is 0 Å². The Morgan fingerprint density at radius 1 is 1.11 bits per heavy atom. The van der Waals surface area contributed by atoms with Crippen LogP contribution in [0.25, 0.3) is 22.2 Å². The van der Waals surface area contributed by atoms with E-state index in [1.807, 2.05) is 55.5 Å². The van der Waals surface area contributed by atoms with Crippen LogP contribution in [0.5, 0.6) is 5.75 Å². The van der Waals surface area contributed by atoms with E-state index in [1.54, 1.807) is 13.2 Å². The van der Waals surface area contributed by atoms with Gasteiger partial charge in [0.25, 0.3) is 5.91 Å². The van der Waals surface area contributed by atoms with Gasteiger partial charge in [0.2, 0.25) is 0 Å². The van der Waals surface area contributed by atoms with Crippen molar-refractivity contribution in [3.05, 3.63) is 72.4 Å². The number of methoxy groups -OCH3 is 1. The van der Waals surface area contributed by atoms with E-state index in [4.69, 9.17) is 9.15 Å². The van der Waals surface area contributed by atoms with Crippen LogP contribution in [0.2, 0.25) is 0 Å². The third-order valence-corrected chi connectivity index (χ3v) is 4.23. The van der Waals surface area contributed by atoms with Crippen LogP contribution >= 0.6 is 0 Å². The summed E-state index contributed by atoms with van der Waals surface area (Å²) in [6, 6.07) is 16.8. The number of fused-ring (bicyclic) bond motifs is 1. The smallest absolute Gasteiger partial charge is 0.278 e. The van der Waals surface area contributed by atoms with Gasteiger partial charge in [-0.2, -0.15) is 0 Å². The molecule has 6 heteroatoms. The lowest BCUT2D eigenvalue weighted by Gasteiger charge is -2.10. The predicted molar refractivity (Wildman–Crippen MR) is 103 cm³/mol. The number of rotatable bonds is 4. The third-order valence-electron chi connectivity index (χ3n) is 4.23. The Hall–Kier alpha value is -3.67. The fourth-order valence-corrected chi connectivity index (χ4v) is 3.02. The summed E-state index contributed by atoms with van der Waals surface area (Å²) in [4.78, 5) is 21.5. The summed E-state index contributed by atoms with van der Waals surface area (Å²) < 4.78 is 10.9. The van der Waals surface area contributed by atoms with Crippen LogP contribution in [0.3, 0.4) is 0 Å². The highest BCUT2D eigenvalue weighted by Gasteiger charge is 2.21. The summed E-state index contributed by atoms with van der Waals surface area (Å²) in [7, 11) is 1.57. The lowest BCUT2D eigenvalue weighted by molar-refractivity contribution is 0.102. The first-order chi connectivity index (χ1) is 13.2. The molecule has 0 spiro atoms. The average Bonchev–Trinajstić information content (AvgIpc) is 3.17. The van der Waals surface area contributed by atoms with Gasteiger partial charge in [-0.25, -0.2) is 4.98 Å². The highest BCUT2D eigenvalue weighted by molar-refractivity contribution is 6.10. The van der Waals surface area contributed by atoms with Gasteiger partial charge in [0.05, 0.1) is 23.9 Å². The Balaban J connectivity index is 1.73. The third kappa shape index (κ3) is 3.13. The molecule has 2 aromatic heterocycles. The molecule has 0 aliphatic heterocycles. The number of hydrogen-bond acceptors (Lipinski definition) is 5. The lowest BCUT2D eigenvalue weighted by atomic mass is 10.1. The molecule has 0 saturated carbocycles. The number of benzene rings is 2. The highest BCUT2D eigenvalue weighted by atomic mass is 16.5. The largest absolute Gasteiger partial charge is 0.496 e. The van der Waals surface area contributed by atoms with Crippen LogP contribution < -0.4 is 10.1 Å². The number of oxazole rings is 1. The van der Waals surface area contributed by atoms with E-state index in [1.165, 1.54) is 6.39 Å². The molecule has 4 aromatic rings. The summed E-state index contributed by atoms with van der Waals surface area (Å²) in [6.45, 7) is 1.89. The molecule has 0 fully saturated rings. The molecule has 2 aromatic carbocycles. The standard InChI is InChI=1S/C21H17N3O3/c1-13-11-17(14-7-3-5-9-16(14)23-13)24-21(25)19-20(27-12-22-19)15-8-4-6-10-18(15)26-2/h3-12H,1-2H3,(H,23,24,25). The van der Waals surface area contributed by atoms with Crippen molar-refractivity contribution in [2.45, 2.75) is 6.92 Å². The molecule has 27 heavy (non-hydrogen) atoms. The van der Waals surface area contributed by atoms with Gasteiger partial charge < -0.3 is 14.5 Å². The Labute approximate surface area is 155 Å². The van der Waals surface area contributed by atoms with E-state index in [0.717, 1.165) is 16.6 Å². The molecular weight excluding hydrogens is 342 g/mol. The van der Waals surface area contributed by atoms with Crippen LogP contribution in [-0.4, -0.2) is 23.0 Å². The monoisotopic (exact) mass is 359 g/mol. The van der Waals surface area contributed by atoms with Gasteiger partial charge in [-0.15, -0.1) is 0 Å². The molecule has 0 saturated heterocycles. The van der Waals surface area contributed by atoms with Gasteiger partial charge in [-0.1, -0.05) is 30.3 Å². The van der Waals surface area contributed by atoms with Gasteiger partial charge in [0, 0.05) is 11.1 Å². The summed E-state index contributed by atoms with van der Waals surface area (Å²) in [5, 5.41) is 3.79. The number of nitrogens with one attached hydrogen (secondary N) is 1. The van der Waals surface area contributed by atoms with Crippen molar-refractivity contribution in [2.75, 3.05) is 12.4 Å². The van der Waals surface area contributed by atoms with E-state index < -0.39 is 0 Å². The second-order valence-electron chi connectivity index (χ2n) is 6.01. The van der Waals surface area contributed by atoms with Gasteiger partial charge in [0.15, 0.2) is 17.8 Å². The van der Waals surface area contributed by atoms with Crippen molar-refractivity contribution in [1.29, 1.82) is 0 Å². The van der Waals surface area contributed by atoms with Crippen molar-refractivity contribution in [3.8, 4) is 17.1 Å². The number of hydrogen-bond donors (Lipinski definition) is 1. The van der Waals surface area contributed by atoms with Crippen LogP contribution in [0.1, 0.15) is 16.2 Å². The van der Waals surface area contributed by atoms with Crippen molar-refractivity contribution in [2.24, 2.45) is 0 Å². The zero-order chi connectivity index (χ0) is 18.8. The zero-order valence-corrected chi connectivity index (χ0v) is 14.9. The molecule has 0 unspecified atom stereocenters. The van der Waals surface area contributed by atoms with Gasteiger partial charge in [0.1, 0.15) is 5.75 Å². The normalized spacial score (nSPS) is 10.7. The topological polar surface area (TPSA) is 77.2 Å². The minimum atomic E-state index is -0.361. The maximum atomic E-state index is 12.9. The summed E-state index contributed by atoms with van der Waals surface area (Å²) in [5.41, 5.74) is 3.17. The van der Waals surface area contributed by atoms with E-state index in [9.17, 15) is 4.79 Å². The molecule has 0 radical (unpaired) electrons. The maximum Gasteiger partial charge on any atom is 0.278 e. The minimum absolute atomic E-state index is 0.193. The highest BCUT2D eigenvalue weighted by Crippen LogP contribution is 2.32. The number of carbonyl (C=O) groups is 1. The number of carbonyl (C=O) groups excluding carboxylic acids is 1. The molecule has 0 aliphatic rings. The fourth-order valence-electron chi connectivity index (χ4n) is 3.02. The number of pyridine rings is 1. The Kier molecular flexibility index (Phi) is 4.30. The van der Waals surface area contributed by atoms with E-state index in [0.29, 0.717) is 22.8 Å². The molecule has 1 amide bonds. The number of para-hydroxylation sites is 2. The molecule has 0 atom stereocenters. The van der Waals surface area contributed by atoms with Crippen LogP contribution in [0.15, 0.2) is 65.4 Å². The summed E-state index contributed by atoms with van der Waals surface area (Å²) >= 11 is 0. The van der Waals surface area contributed by atoms with Crippen molar-refractivity contribution in [3.63, 3.8) is 0 Å². The zero-order valence-electron chi connectivity index (χ0n) is 14.9. The molecule has 0 bridgehead atoms. The second-order valence-corrected chi connectivity index (χ2v) is 6.01. The molecule has 0 aliphatic carbocycles. The number of nitrogens with zero attached hydrogens (tertiary/aromatic N) is 2. The first-order valence-corrected chi connectivity index (χ1v) is 8.42. The quantitative estimate of drug-likeness (QED) is 0.582. The number of amides is 1. The Bertz CT molecular complexity index is 1130. The second kappa shape index (κ2) is 6.92. The van der Waals surface area contributed by atoms with Crippen molar-refractivity contribution >= 4 is 22.5 Å². The number of aromatic nitrogens is 2. The predicted octanol–water partition coefficient (Wildman–Crippen LogP) is 4.46. The maximum absolute atomic E-state index is 12.9. The average molecular weight is 359 g/mol. The number of aryl methyl sites for hydroxylation is 1. The van der Waals surface area contributed by atoms with Gasteiger partial charge in [-0.05, 0) is 31.2 Å². The summed E-state index contributed by atoms with van der Waals surface area (Å²) in [6.07, 6.45) is 1.26. The number of anilines is 1. The Morgan fingerprint density at radius 3 is 2.74 bits per heavy atom. The molecular formula is C21H17N3O3. The molecule has 2 heterocycles. The SMILES string of the molecule is COc1ccccc1-c1ocnc1C(=O)Nc1cc(C)nc2ccccc12. The van der Waals surface area contributed by atoms with Gasteiger partial charge >= 0.3 is 0 Å². The van der Waals surface area contributed by atoms with E-state index in [-0.39, 0.29) is 11.6 Å². The minimum Gasteiger partial charge on any atom is -0.496 e. The number of ether oxygens (including phenoxy) is 1. The van der Waals surface area contributed by atoms with Crippen molar-refractivity contribution < 1.29 is 13.9 Å². The first-order valence-electron chi connectivity index (χ1n) is 8.42. The molecule has 1 N–H and O–H groups in total. The Morgan fingerprint density at radius 2 is 1.89 bits per heavy atom. The van der Waals surface area contributed by atoms with Gasteiger partial charge in [-0.3, -0.25) is 9.78 Å². The summed E-state index contributed by atoms with van der Waals surface area (Å²) in [5.74, 6) is 0.606. The lowest BCUT2D eigenvalue weighted by Crippen LogP contribution is -2.14. The van der Waals surface area contributed by atoms with Crippen LogP contribution in [0.4, 0.5) is 5.69 Å².